The van der Waals surface area contributed by atoms with Gasteiger partial charge in [-0.15, -0.1) is 0 Å². The maximum absolute atomic E-state index is 14.1. The predicted molar refractivity (Wildman–Crippen MR) is 177 cm³/mol. The number of aryl methyl sites for hydroxylation is 1. The third-order valence-electron chi connectivity index (χ3n) is 9.81. The van der Waals surface area contributed by atoms with Crippen LogP contribution in [0.25, 0.3) is 16.8 Å². The van der Waals surface area contributed by atoms with Gasteiger partial charge >= 0.3 is 0 Å². The van der Waals surface area contributed by atoms with E-state index >= 15 is 0 Å². The van der Waals surface area contributed by atoms with Gasteiger partial charge in [0, 0.05) is 60.0 Å². The average molecular weight is 612 g/mol. The van der Waals surface area contributed by atoms with Gasteiger partial charge in [-0.25, -0.2) is 0 Å². The van der Waals surface area contributed by atoms with Crippen molar-refractivity contribution in [1.29, 1.82) is 0 Å². The Bertz CT molecular complexity index is 1660. The van der Waals surface area contributed by atoms with Crippen LogP contribution in [0.1, 0.15) is 67.6 Å². The molecule has 0 aromatic heterocycles. The lowest BCUT2D eigenvalue weighted by Crippen LogP contribution is -2.56. The summed E-state index contributed by atoms with van der Waals surface area (Å²) in [4.78, 5) is 30.0. The highest BCUT2D eigenvalue weighted by molar-refractivity contribution is 6.16. The first-order valence-electron chi connectivity index (χ1n) is 15.7. The number of Topliss-reactive ketones (excluding diaryl/α,β-unsaturated/α-hetero) is 2. The van der Waals surface area contributed by atoms with Crippen molar-refractivity contribution >= 4 is 17.3 Å². The molecule has 3 aliphatic carbocycles. The van der Waals surface area contributed by atoms with E-state index in [1.807, 2.05) is 37.3 Å². The molecule has 0 fully saturated rings. The van der Waals surface area contributed by atoms with Crippen molar-refractivity contribution in [3.05, 3.63) is 100 Å². The van der Waals surface area contributed by atoms with Crippen LogP contribution in [0.2, 0.25) is 0 Å². The van der Waals surface area contributed by atoms with Crippen molar-refractivity contribution in [2.45, 2.75) is 71.6 Å². The predicted octanol–water partition coefficient (Wildman–Crippen LogP) is 5.52. The number of aliphatic hydroxyl groups excluding tert-OH is 2. The summed E-state index contributed by atoms with van der Waals surface area (Å²) in [5.74, 6) is -3.48. The first-order chi connectivity index (χ1) is 21.2. The molecule has 0 heterocycles. The fourth-order valence-electron chi connectivity index (χ4n) is 7.58. The Morgan fingerprint density at radius 3 is 2.42 bits per heavy atom. The summed E-state index contributed by atoms with van der Waals surface area (Å²) in [5, 5.41) is 37.2. The number of allylic oxidation sites excluding steroid dienone is 3. The van der Waals surface area contributed by atoms with Crippen molar-refractivity contribution in [2.24, 2.45) is 17.6 Å². The highest BCUT2D eigenvalue weighted by Crippen LogP contribution is 2.52. The standard InChI is InChI=1S/C37H45N3O5/c1-19(2)40(20(3)4)14-13-39-23(7)24-9-8-10-25(15-24)28-12-11-21(5)31-29(28)17-26-16-27-18-30(41)32(22(6)38)35(43)37(27,45)36(44)33(26)34(31)42/h8-12,15,19-20,26-27,39,41,44-45H,6-7,13-14,16-18,38H2,1-5H3/t26?,27-,37+/m0/s1. The number of nitrogens with one attached hydrogen (secondary N) is 1. The fourth-order valence-corrected chi connectivity index (χ4v) is 7.58. The Morgan fingerprint density at radius 1 is 1.09 bits per heavy atom. The summed E-state index contributed by atoms with van der Waals surface area (Å²) in [7, 11) is 0. The minimum Gasteiger partial charge on any atom is -0.511 e. The molecule has 0 bridgehead atoms. The molecule has 0 radical (unpaired) electrons. The van der Waals surface area contributed by atoms with E-state index in [-0.39, 0.29) is 35.4 Å². The smallest absolute Gasteiger partial charge is 0.207 e. The van der Waals surface area contributed by atoms with E-state index in [2.05, 4.69) is 57.1 Å². The summed E-state index contributed by atoms with van der Waals surface area (Å²) in [6.07, 6.45) is 0.606. The number of aliphatic hydroxyl groups is 3. The summed E-state index contributed by atoms with van der Waals surface area (Å²) >= 11 is 0. The minimum atomic E-state index is -2.35. The maximum Gasteiger partial charge on any atom is 0.207 e. The van der Waals surface area contributed by atoms with Gasteiger partial charge in [0.1, 0.15) is 11.5 Å². The zero-order chi connectivity index (χ0) is 33.0. The molecular weight excluding hydrogens is 566 g/mol. The number of hydrogen-bond donors (Lipinski definition) is 5. The first kappa shape index (κ1) is 32.3. The minimum absolute atomic E-state index is 0.0568. The number of nitrogens with two attached hydrogens (primary N) is 1. The second-order valence-corrected chi connectivity index (χ2v) is 13.3. The quantitative estimate of drug-likeness (QED) is 0.250. The molecule has 3 atom stereocenters. The van der Waals surface area contributed by atoms with E-state index in [1.54, 1.807) is 0 Å². The Morgan fingerprint density at radius 2 is 1.78 bits per heavy atom. The molecule has 238 valence electrons. The van der Waals surface area contributed by atoms with Crippen LogP contribution in [0.15, 0.2) is 77.9 Å². The van der Waals surface area contributed by atoms with Crippen LogP contribution >= 0.6 is 0 Å². The maximum atomic E-state index is 14.1. The molecule has 1 unspecified atom stereocenters. The van der Waals surface area contributed by atoms with Crippen molar-refractivity contribution in [2.75, 3.05) is 13.1 Å². The summed E-state index contributed by atoms with van der Waals surface area (Å²) in [6.45, 7) is 20.1. The molecule has 0 saturated carbocycles. The number of ketones is 2. The van der Waals surface area contributed by atoms with Crippen molar-refractivity contribution in [3.63, 3.8) is 0 Å². The molecule has 0 saturated heterocycles. The van der Waals surface area contributed by atoms with E-state index in [0.29, 0.717) is 24.1 Å². The molecule has 8 heteroatoms. The molecule has 45 heavy (non-hydrogen) atoms. The molecule has 3 aliphatic rings. The normalized spacial score (nSPS) is 23.0. The van der Waals surface area contributed by atoms with Gasteiger partial charge in [-0.3, -0.25) is 14.5 Å². The van der Waals surface area contributed by atoms with E-state index in [4.69, 9.17) is 5.73 Å². The van der Waals surface area contributed by atoms with Crippen LogP contribution in [0.4, 0.5) is 0 Å². The van der Waals surface area contributed by atoms with Gasteiger partial charge in [0.05, 0.1) is 5.57 Å². The van der Waals surface area contributed by atoms with Crippen LogP contribution < -0.4 is 11.1 Å². The Balaban J connectivity index is 1.48. The van der Waals surface area contributed by atoms with Gasteiger partial charge in [-0.2, -0.15) is 0 Å². The summed E-state index contributed by atoms with van der Waals surface area (Å²) in [6, 6.07) is 12.9. The van der Waals surface area contributed by atoms with Crippen LogP contribution in [0, 0.1) is 18.8 Å². The molecule has 0 amide bonds. The van der Waals surface area contributed by atoms with Gasteiger partial charge in [0.2, 0.25) is 5.78 Å². The van der Waals surface area contributed by atoms with Crippen molar-refractivity contribution in [1.82, 2.24) is 10.2 Å². The van der Waals surface area contributed by atoms with Crippen molar-refractivity contribution < 1.29 is 24.9 Å². The number of carbonyl (C=O) groups is 2. The summed E-state index contributed by atoms with van der Waals surface area (Å²) in [5.41, 5.74) is 8.67. The van der Waals surface area contributed by atoms with Gasteiger partial charge in [-0.1, -0.05) is 43.5 Å². The molecule has 8 nitrogen and oxygen atoms in total. The van der Waals surface area contributed by atoms with Crippen molar-refractivity contribution in [3.8, 4) is 11.1 Å². The molecule has 5 rings (SSSR count). The van der Waals surface area contributed by atoms with E-state index in [1.165, 1.54) is 0 Å². The Labute approximate surface area is 265 Å². The topological polar surface area (TPSA) is 136 Å². The molecule has 0 aliphatic heterocycles. The number of fused-ring (bicyclic) bond motifs is 3. The number of rotatable bonds is 9. The van der Waals surface area contributed by atoms with Crippen LogP contribution in [0.5, 0.6) is 0 Å². The number of carbonyl (C=O) groups excluding carboxylic acids is 2. The fraction of sp³-hybridized carbons (Fsp3) is 0.405. The zero-order valence-corrected chi connectivity index (χ0v) is 26.9. The zero-order valence-electron chi connectivity index (χ0n) is 26.9. The monoisotopic (exact) mass is 611 g/mol. The number of benzene rings is 2. The summed E-state index contributed by atoms with van der Waals surface area (Å²) < 4.78 is 0. The highest BCUT2D eigenvalue weighted by Gasteiger charge is 2.59. The number of nitrogens with zero attached hydrogens (tertiary/aromatic N) is 1. The van der Waals surface area contributed by atoms with Crippen LogP contribution in [-0.4, -0.2) is 62.6 Å². The van der Waals surface area contributed by atoms with Crippen LogP contribution in [-0.2, 0) is 11.2 Å². The van der Waals surface area contributed by atoms with Gasteiger partial charge in [0.25, 0.3) is 0 Å². The molecule has 2 aromatic carbocycles. The SMILES string of the molecule is C=C(N)C1=C(O)C[C@@H]2CC3Cc4c(-c5cccc(C(=C)NCCN(C(C)C)C(C)C)c5)ccc(C)c4C(=O)C3=C(O)[C@]2(O)C1=O. The van der Waals surface area contributed by atoms with Gasteiger partial charge < -0.3 is 26.4 Å². The molecule has 2 aromatic rings. The van der Waals surface area contributed by atoms with E-state index < -0.39 is 34.8 Å². The average Bonchev–Trinajstić information content (AvgIpc) is 2.96. The lowest BCUT2D eigenvalue weighted by Gasteiger charge is -2.46. The molecule has 0 spiro atoms. The lowest BCUT2D eigenvalue weighted by atomic mass is 9.59. The Hall–Kier alpha value is -4.14. The van der Waals surface area contributed by atoms with Crippen LogP contribution in [0.3, 0.4) is 0 Å². The lowest BCUT2D eigenvalue weighted by molar-refractivity contribution is -0.142. The van der Waals surface area contributed by atoms with E-state index in [9.17, 15) is 24.9 Å². The first-order valence-corrected chi connectivity index (χ1v) is 15.7. The molecular formula is C37H45N3O5. The van der Waals surface area contributed by atoms with Gasteiger partial charge in [-0.05, 0) is 87.3 Å². The second kappa shape index (κ2) is 12.0. The third kappa shape index (κ3) is 5.40. The number of hydrogen-bond acceptors (Lipinski definition) is 8. The largest absolute Gasteiger partial charge is 0.511 e. The Kier molecular flexibility index (Phi) is 8.59. The van der Waals surface area contributed by atoms with Gasteiger partial charge in [0.15, 0.2) is 11.4 Å². The van der Waals surface area contributed by atoms with E-state index in [0.717, 1.165) is 46.6 Å². The third-order valence-corrected chi connectivity index (χ3v) is 9.81. The highest BCUT2D eigenvalue weighted by atomic mass is 16.3. The molecule has 6 N–H and O–H groups in total. The second-order valence-electron chi connectivity index (χ2n) is 13.3.